The lowest BCUT2D eigenvalue weighted by atomic mass is 10.1. The molecule has 0 saturated carbocycles. The average molecular weight is 353 g/mol. The minimum Gasteiger partial charge on any atom is -0.394 e. The summed E-state index contributed by atoms with van der Waals surface area (Å²) in [5, 5.41) is 8.94. The minimum atomic E-state index is -3.99. The van der Waals surface area contributed by atoms with Gasteiger partial charge in [0.25, 0.3) is 0 Å². The Morgan fingerprint density at radius 1 is 1.17 bits per heavy atom. The van der Waals surface area contributed by atoms with Crippen molar-refractivity contribution in [1.82, 2.24) is 4.72 Å². The summed E-state index contributed by atoms with van der Waals surface area (Å²) in [5.41, 5.74) is 1.83. The third-order valence-corrected chi connectivity index (χ3v) is 4.90. The summed E-state index contributed by atoms with van der Waals surface area (Å²) in [6.45, 7) is 1.76. The summed E-state index contributed by atoms with van der Waals surface area (Å²) >= 11 is 0. The molecule has 5 nitrogen and oxygen atoms in total. The fourth-order valence-corrected chi connectivity index (χ4v) is 3.28. The van der Waals surface area contributed by atoms with Crippen LogP contribution in [-0.2, 0) is 14.8 Å². The van der Waals surface area contributed by atoms with Gasteiger partial charge in [0.1, 0.15) is 10.7 Å². The molecule has 2 rings (SSSR count). The lowest BCUT2D eigenvalue weighted by molar-refractivity contribution is 0.0309. The summed E-state index contributed by atoms with van der Waals surface area (Å²) < 4.78 is 46.1. The number of halogens is 1. The Bertz CT molecular complexity index is 762. The van der Waals surface area contributed by atoms with Crippen LogP contribution >= 0.6 is 0 Å². The van der Waals surface area contributed by atoms with E-state index in [-0.39, 0.29) is 19.8 Å². The van der Waals surface area contributed by atoms with Crippen LogP contribution in [0.4, 0.5) is 4.39 Å². The number of aliphatic hydroxyl groups is 1. The summed E-state index contributed by atoms with van der Waals surface area (Å²) in [5.74, 6) is -0.812. The SMILES string of the molecule is Cc1ccc(C(CNS(=O)(=O)c2ccccc2F)OCCO)cc1. The number of nitrogens with one attached hydrogen (secondary N) is 1. The Kier molecular flexibility index (Phi) is 6.44. The predicted octanol–water partition coefficient (Wildman–Crippen LogP) is 2.16. The molecule has 0 amide bonds. The second-order valence-corrected chi connectivity index (χ2v) is 7.01. The van der Waals surface area contributed by atoms with E-state index in [2.05, 4.69) is 4.72 Å². The fourth-order valence-electron chi connectivity index (χ4n) is 2.17. The number of aryl methyl sites for hydroxylation is 1. The van der Waals surface area contributed by atoms with E-state index in [0.29, 0.717) is 0 Å². The van der Waals surface area contributed by atoms with Crippen LogP contribution in [0.5, 0.6) is 0 Å². The molecule has 0 aliphatic rings. The summed E-state index contributed by atoms with van der Waals surface area (Å²) in [7, 11) is -3.99. The van der Waals surface area contributed by atoms with E-state index >= 15 is 0 Å². The molecule has 0 saturated heterocycles. The van der Waals surface area contributed by atoms with Crippen LogP contribution in [-0.4, -0.2) is 33.3 Å². The van der Waals surface area contributed by atoms with Gasteiger partial charge < -0.3 is 9.84 Å². The Balaban J connectivity index is 2.15. The number of hydrogen-bond acceptors (Lipinski definition) is 4. The molecule has 0 bridgehead atoms. The molecule has 1 atom stereocenters. The van der Waals surface area contributed by atoms with E-state index in [1.54, 1.807) is 0 Å². The number of rotatable bonds is 8. The molecule has 0 heterocycles. The molecule has 2 aromatic carbocycles. The van der Waals surface area contributed by atoms with Gasteiger partial charge in [-0.3, -0.25) is 0 Å². The quantitative estimate of drug-likeness (QED) is 0.763. The molecule has 2 N–H and O–H groups in total. The number of hydrogen-bond donors (Lipinski definition) is 2. The largest absolute Gasteiger partial charge is 0.394 e. The standard InChI is InChI=1S/C17H20FNO4S/c1-13-6-8-14(9-7-13)16(23-11-10-20)12-19-24(21,22)17-5-3-2-4-15(17)18/h2-9,16,19-20H,10-12H2,1H3. The zero-order chi connectivity index (χ0) is 17.6. The molecule has 0 aliphatic heterocycles. The van der Waals surface area contributed by atoms with Crippen molar-refractivity contribution >= 4 is 10.0 Å². The van der Waals surface area contributed by atoms with Crippen LogP contribution in [0.1, 0.15) is 17.2 Å². The van der Waals surface area contributed by atoms with Crippen molar-refractivity contribution in [2.24, 2.45) is 0 Å². The lowest BCUT2D eigenvalue weighted by Crippen LogP contribution is -2.30. The van der Waals surface area contributed by atoms with E-state index in [0.717, 1.165) is 17.2 Å². The zero-order valence-corrected chi connectivity index (χ0v) is 14.1. The second kappa shape index (κ2) is 8.34. The molecule has 0 aromatic heterocycles. The molecule has 1 unspecified atom stereocenters. The Labute approximate surface area is 141 Å². The topological polar surface area (TPSA) is 75.6 Å². The van der Waals surface area contributed by atoms with Crippen molar-refractivity contribution in [3.8, 4) is 0 Å². The van der Waals surface area contributed by atoms with Gasteiger partial charge in [-0.2, -0.15) is 0 Å². The highest BCUT2D eigenvalue weighted by atomic mass is 32.2. The normalized spacial score (nSPS) is 13.0. The third-order valence-electron chi connectivity index (χ3n) is 3.44. The van der Waals surface area contributed by atoms with Gasteiger partial charge in [0.05, 0.1) is 19.3 Å². The lowest BCUT2D eigenvalue weighted by Gasteiger charge is -2.19. The molecule has 24 heavy (non-hydrogen) atoms. The van der Waals surface area contributed by atoms with Crippen molar-refractivity contribution < 1.29 is 22.7 Å². The molecule has 2 aromatic rings. The minimum absolute atomic E-state index is 0.0694. The molecule has 130 valence electrons. The molecular formula is C17H20FNO4S. The van der Waals surface area contributed by atoms with E-state index in [9.17, 15) is 12.8 Å². The maximum absolute atomic E-state index is 13.7. The van der Waals surface area contributed by atoms with Gasteiger partial charge in [0, 0.05) is 6.54 Å². The molecule has 0 fully saturated rings. The highest BCUT2D eigenvalue weighted by molar-refractivity contribution is 7.89. The summed E-state index contributed by atoms with van der Waals surface area (Å²) in [6, 6.07) is 12.6. The first-order valence-electron chi connectivity index (χ1n) is 7.47. The van der Waals surface area contributed by atoms with Crippen LogP contribution in [0.3, 0.4) is 0 Å². The highest BCUT2D eigenvalue weighted by Crippen LogP contribution is 2.19. The van der Waals surface area contributed by atoms with Crippen molar-refractivity contribution in [3.05, 3.63) is 65.5 Å². The summed E-state index contributed by atoms with van der Waals surface area (Å²) in [6.07, 6.45) is -0.584. The molecule has 0 aliphatic carbocycles. The monoisotopic (exact) mass is 353 g/mol. The van der Waals surface area contributed by atoms with Crippen molar-refractivity contribution in [1.29, 1.82) is 0 Å². The summed E-state index contributed by atoms with van der Waals surface area (Å²) in [4.78, 5) is -0.408. The van der Waals surface area contributed by atoms with Crippen molar-refractivity contribution in [3.63, 3.8) is 0 Å². The Hall–Kier alpha value is -1.80. The smallest absolute Gasteiger partial charge is 0.243 e. The van der Waals surface area contributed by atoms with Crippen molar-refractivity contribution in [2.75, 3.05) is 19.8 Å². The van der Waals surface area contributed by atoms with E-state index in [1.165, 1.54) is 18.2 Å². The van der Waals surface area contributed by atoms with Crippen LogP contribution in [0.2, 0.25) is 0 Å². The first kappa shape index (κ1) is 18.5. The van der Waals surface area contributed by atoms with Gasteiger partial charge in [-0.25, -0.2) is 17.5 Å². The first-order valence-corrected chi connectivity index (χ1v) is 8.95. The van der Waals surface area contributed by atoms with Crippen LogP contribution in [0.15, 0.2) is 53.4 Å². The third kappa shape index (κ3) is 4.85. The number of aliphatic hydroxyl groups excluding tert-OH is 1. The molecule has 0 spiro atoms. The van der Waals surface area contributed by atoms with Crippen LogP contribution in [0, 0.1) is 12.7 Å². The van der Waals surface area contributed by atoms with Gasteiger partial charge in [0.2, 0.25) is 10.0 Å². The first-order chi connectivity index (χ1) is 11.4. The van der Waals surface area contributed by atoms with E-state index in [4.69, 9.17) is 9.84 Å². The highest BCUT2D eigenvalue weighted by Gasteiger charge is 2.21. The molecule has 7 heteroatoms. The molecular weight excluding hydrogens is 333 g/mol. The van der Waals surface area contributed by atoms with Gasteiger partial charge in [-0.15, -0.1) is 0 Å². The number of ether oxygens (including phenoxy) is 1. The zero-order valence-electron chi connectivity index (χ0n) is 13.3. The maximum atomic E-state index is 13.7. The Morgan fingerprint density at radius 2 is 1.83 bits per heavy atom. The fraction of sp³-hybridized carbons (Fsp3) is 0.294. The average Bonchev–Trinajstić information content (AvgIpc) is 2.56. The van der Waals surface area contributed by atoms with Gasteiger partial charge in [-0.1, -0.05) is 42.0 Å². The Morgan fingerprint density at radius 3 is 2.46 bits per heavy atom. The second-order valence-electron chi connectivity index (χ2n) is 5.28. The van der Waals surface area contributed by atoms with E-state index in [1.807, 2.05) is 31.2 Å². The maximum Gasteiger partial charge on any atom is 0.243 e. The predicted molar refractivity (Wildman–Crippen MR) is 88.5 cm³/mol. The van der Waals surface area contributed by atoms with Crippen molar-refractivity contribution in [2.45, 2.75) is 17.9 Å². The molecule has 0 radical (unpaired) electrons. The van der Waals surface area contributed by atoms with E-state index < -0.39 is 26.8 Å². The van der Waals surface area contributed by atoms with Gasteiger partial charge >= 0.3 is 0 Å². The number of sulfonamides is 1. The van der Waals surface area contributed by atoms with Crippen LogP contribution < -0.4 is 4.72 Å². The number of benzene rings is 2. The van der Waals surface area contributed by atoms with Gasteiger partial charge in [0.15, 0.2) is 0 Å². The van der Waals surface area contributed by atoms with Gasteiger partial charge in [-0.05, 0) is 24.6 Å². The van der Waals surface area contributed by atoms with Crippen LogP contribution in [0.25, 0.3) is 0 Å².